The molecule has 0 aliphatic rings. The van der Waals surface area contributed by atoms with E-state index in [9.17, 15) is 0 Å². The highest BCUT2D eigenvalue weighted by atomic mass is 16.3. The lowest BCUT2D eigenvalue weighted by molar-refractivity contribution is 0.557. The Kier molecular flexibility index (Phi) is 2.85. The van der Waals surface area contributed by atoms with E-state index < -0.39 is 0 Å². The van der Waals surface area contributed by atoms with Gasteiger partial charge in [0.1, 0.15) is 5.82 Å². The van der Waals surface area contributed by atoms with E-state index >= 15 is 0 Å². The molecule has 0 aliphatic heterocycles. The van der Waals surface area contributed by atoms with Gasteiger partial charge in [-0.25, -0.2) is 15.8 Å². The van der Waals surface area contributed by atoms with E-state index in [-0.39, 0.29) is 5.41 Å². The zero-order valence-electron chi connectivity index (χ0n) is 10.2. The summed E-state index contributed by atoms with van der Waals surface area (Å²) in [5.41, 5.74) is 3.38. The number of hydrazine groups is 1. The number of nitrogens with one attached hydrogen (secondary N) is 1. The first kappa shape index (κ1) is 11.6. The molecule has 2 aromatic heterocycles. The van der Waals surface area contributed by atoms with Crippen LogP contribution in [0.15, 0.2) is 28.9 Å². The fourth-order valence-electron chi connectivity index (χ4n) is 1.42. The summed E-state index contributed by atoms with van der Waals surface area (Å²) in [5, 5.41) is 0. The lowest BCUT2D eigenvalue weighted by atomic mass is 9.92. The van der Waals surface area contributed by atoms with Crippen LogP contribution in [0.3, 0.4) is 0 Å². The van der Waals surface area contributed by atoms with Crippen molar-refractivity contribution < 1.29 is 4.42 Å². The highest BCUT2D eigenvalue weighted by molar-refractivity contribution is 5.51. The van der Waals surface area contributed by atoms with Crippen LogP contribution in [-0.4, -0.2) is 9.97 Å². The molecule has 5 nitrogen and oxygen atoms in total. The Labute approximate surface area is 100 Å². The van der Waals surface area contributed by atoms with Gasteiger partial charge in [-0.15, -0.1) is 0 Å². The number of aromatic nitrogens is 2. The Balaban J connectivity index is 2.54. The Morgan fingerprint density at radius 3 is 2.59 bits per heavy atom. The molecule has 2 aromatic rings. The van der Waals surface area contributed by atoms with Gasteiger partial charge in [-0.05, 0) is 12.1 Å². The first-order chi connectivity index (χ1) is 8.00. The zero-order valence-corrected chi connectivity index (χ0v) is 10.2. The SMILES string of the molecule is CC(C)(C)c1cc(NN)nc(-c2ccco2)n1. The number of hydrogen-bond donors (Lipinski definition) is 2. The summed E-state index contributed by atoms with van der Waals surface area (Å²) in [6.45, 7) is 6.25. The Bertz CT molecular complexity index is 500. The molecule has 0 aromatic carbocycles. The van der Waals surface area contributed by atoms with Gasteiger partial charge in [-0.2, -0.15) is 0 Å². The minimum Gasteiger partial charge on any atom is -0.461 e. The molecule has 0 unspecified atom stereocenters. The second-order valence-corrected chi connectivity index (χ2v) is 4.83. The van der Waals surface area contributed by atoms with Crippen molar-refractivity contribution in [2.45, 2.75) is 26.2 Å². The van der Waals surface area contributed by atoms with Crippen LogP contribution in [0.25, 0.3) is 11.6 Å². The van der Waals surface area contributed by atoms with Gasteiger partial charge in [0.05, 0.1) is 12.0 Å². The quantitative estimate of drug-likeness (QED) is 0.613. The van der Waals surface area contributed by atoms with Crippen LogP contribution in [0, 0.1) is 0 Å². The third-order valence-corrected chi connectivity index (χ3v) is 2.38. The van der Waals surface area contributed by atoms with Crippen molar-refractivity contribution in [2.75, 3.05) is 5.43 Å². The fourth-order valence-corrected chi connectivity index (χ4v) is 1.42. The van der Waals surface area contributed by atoms with Crippen molar-refractivity contribution >= 4 is 5.82 Å². The smallest absolute Gasteiger partial charge is 0.197 e. The number of hydrogen-bond acceptors (Lipinski definition) is 5. The number of rotatable bonds is 2. The number of anilines is 1. The molecule has 90 valence electrons. The van der Waals surface area contributed by atoms with Crippen LogP contribution in [0.2, 0.25) is 0 Å². The average Bonchev–Trinajstić information content (AvgIpc) is 2.80. The van der Waals surface area contributed by atoms with Crippen LogP contribution < -0.4 is 11.3 Å². The summed E-state index contributed by atoms with van der Waals surface area (Å²) >= 11 is 0. The summed E-state index contributed by atoms with van der Waals surface area (Å²) in [6.07, 6.45) is 1.60. The molecule has 0 radical (unpaired) electrons. The second kappa shape index (κ2) is 4.18. The Hall–Kier alpha value is -1.88. The molecule has 0 saturated carbocycles. The van der Waals surface area contributed by atoms with E-state index in [1.807, 2.05) is 12.1 Å². The van der Waals surface area contributed by atoms with Crippen LogP contribution >= 0.6 is 0 Å². The van der Waals surface area contributed by atoms with Gasteiger partial charge in [-0.1, -0.05) is 20.8 Å². The second-order valence-electron chi connectivity index (χ2n) is 4.83. The van der Waals surface area contributed by atoms with Crippen molar-refractivity contribution in [2.24, 2.45) is 5.84 Å². The largest absolute Gasteiger partial charge is 0.461 e. The molecule has 0 aliphatic carbocycles. The maximum Gasteiger partial charge on any atom is 0.197 e. The highest BCUT2D eigenvalue weighted by Crippen LogP contribution is 2.25. The topological polar surface area (TPSA) is 77.0 Å². The van der Waals surface area contributed by atoms with Crippen LogP contribution in [0.4, 0.5) is 5.82 Å². The fraction of sp³-hybridized carbons (Fsp3) is 0.333. The van der Waals surface area contributed by atoms with E-state index in [1.165, 1.54) is 0 Å². The number of nitrogens with zero attached hydrogens (tertiary/aromatic N) is 2. The van der Waals surface area contributed by atoms with Crippen LogP contribution in [0.5, 0.6) is 0 Å². The molecule has 17 heavy (non-hydrogen) atoms. The van der Waals surface area contributed by atoms with E-state index in [0.717, 1.165) is 5.69 Å². The van der Waals surface area contributed by atoms with E-state index in [0.29, 0.717) is 17.4 Å². The zero-order chi connectivity index (χ0) is 12.5. The van der Waals surface area contributed by atoms with Crippen LogP contribution in [-0.2, 0) is 5.41 Å². The third-order valence-electron chi connectivity index (χ3n) is 2.38. The third kappa shape index (κ3) is 2.45. The normalized spacial score (nSPS) is 11.5. The standard InChI is InChI=1S/C12H16N4O/c1-12(2,3)9-7-10(16-13)15-11(14-9)8-5-4-6-17-8/h4-7H,13H2,1-3H3,(H,14,15,16). The van der Waals surface area contributed by atoms with Gasteiger partial charge in [0.2, 0.25) is 0 Å². The maximum atomic E-state index is 5.41. The van der Waals surface area contributed by atoms with Crippen molar-refractivity contribution in [1.82, 2.24) is 9.97 Å². The monoisotopic (exact) mass is 232 g/mol. The summed E-state index contributed by atoms with van der Waals surface area (Å²) in [6, 6.07) is 5.46. The van der Waals surface area contributed by atoms with Gasteiger partial charge in [0.15, 0.2) is 11.6 Å². The molecule has 0 fully saturated rings. The molecule has 5 heteroatoms. The molecule has 2 heterocycles. The molecule has 0 saturated heterocycles. The van der Waals surface area contributed by atoms with E-state index in [1.54, 1.807) is 12.3 Å². The summed E-state index contributed by atoms with van der Waals surface area (Å²) in [4.78, 5) is 8.76. The summed E-state index contributed by atoms with van der Waals surface area (Å²) in [5.74, 6) is 7.16. The van der Waals surface area contributed by atoms with Crippen LogP contribution in [0.1, 0.15) is 26.5 Å². The Morgan fingerprint density at radius 1 is 1.29 bits per heavy atom. The molecular formula is C12H16N4O. The van der Waals surface area contributed by atoms with Crippen molar-refractivity contribution in [3.8, 4) is 11.6 Å². The molecule has 0 amide bonds. The lowest BCUT2D eigenvalue weighted by Crippen LogP contribution is -2.17. The van der Waals surface area contributed by atoms with Gasteiger partial charge in [0, 0.05) is 11.5 Å². The summed E-state index contributed by atoms with van der Waals surface area (Å²) < 4.78 is 5.29. The van der Waals surface area contributed by atoms with Crippen molar-refractivity contribution in [3.63, 3.8) is 0 Å². The molecule has 3 N–H and O–H groups in total. The molecular weight excluding hydrogens is 216 g/mol. The number of nitrogen functional groups attached to an aromatic ring is 1. The van der Waals surface area contributed by atoms with Crippen molar-refractivity contribution in [1.29, 1.82) is 0 Å². The lowest BCUT2D eigenvalue weighted by Gasteiger charge is -2.18. The Morgan fingerprint density at radius 2 is 2.06 bits per heavy atom. The van der Waals surface area contributed by atoms with Gasteiger partial charge >= 0.3 is 0 Å². The van der Waals surface area contributed by atoms with E-state index in [4.69, 9.17) is 10.3 Å². The highest BCUT2D eigenvalue weighted by Gasteiger charge is 2.19. The van der Waals surface area contributed by atoms with Gasteiger partial charge in [0.25, 0.3) is 0 Å². The number of nitrogens with two attached hydrogens (primary N) is 1. The molecule has 0 bridgehead atoms. The minimum absolute atomic E-state index is 0.0735. The predicted octanol–water partition coefficient (Wildman–Crippen LogP) is 2.32. The van der Waals surface area contributed by atoms with Crippen molar-refractivity contribution in [3.05, 3.63) is 30.2 Å². The molecule has 0 atom stereocenters. The summed E-state index contributed by atoms with van der Waals surface area (Å²) in [7, 11) is 0. The molecule has 0 spiro atoms. The number of furan rings is 1. The average molecular weight is 232 g/mol. The van der Waals surface area contributed by atoms with Gasteiger partial charge in [-0.3, -0.25) is 0 Å². The molecule has 2 rings (SSSR count). The van der Waals surface area contributed by atoms with Gasteiger partial charge < -0.3 is 9.84 Å². The first-order valence-corrected chi connectivity index (χ1v) is 5.41. The van der Waals surface area contributed by atoms with E-state index in [2.05, 4.69) is 36.2 Å². The first-order valence-electron chi connectivity index (χ1n) is 5.41. The maximum absolute atomic E-state index is 5.41. The predicted molar refractivity (Wildman–Crippen MR) is 66.2 cm³/mol. The minimum atomic E-state index is -0.0735.